The molecule has 0 saturated carbocycles. The van der Waals surface area contributed by atoms with Gasteiger partial charge in [-0.3, -0.25) is 4.79 Å². The molecule has 0 aromatic heterocycles. The van der Waals surface area contributed by atoms with Gasteiger partial charge in [0.2, 0.25) is 0 Å². The van der Waals surface area contributed by atoms with Crippen molar-refractivity contribution in [1.82, 2.24) is 0 Å². The van der Waals surface area contributed by atoms with Gasteiger partial charge in [-0.1, -0.05) is 12.1 Å². The van der Waals surface area contributed by atoms with Crippen molar-refractivity contribution in [2.24, 2.45) is 0 Å². The average molecular weight is 383 g/mol. The minimum Gasteiger partial charge on any atom is -0.465 e. The Labute approximate surface area is 156 Å². The van der Waals surface area contributed by atoms with Crippen LogP contribution < -0.4 is 5.32 Å². The Morgan fingerprint density at radius 3 is 2.11 bits per heavy atom. The highest BCUT2D eigenvalue weighted by Crippen LogP contribution is 2.22. The zero-order valence-electron chi connectivity index (χ0n) is 14.7. The second-order valence-electron chi connectivity index (χ2n) is 6.02. The summed E-state index contributed by atoms with van der Waals surface area (Å²) in [5.41, 5.74) is 1.32. The monoisotopic (exact) mass is 383 g/mol. The maximum atomic E-state index is 12.4. The van der Waals surface area contributed by atoms with Crippen LogP contribution in [0.2, 0.25) is 0 Å². The van der Waals surface area contributed by atoms with Gasteiger partial charge in [0, 0.05) is 17.5 Å². The third-order valence-corrected chi connectivity index (χ3v) is 5.19. The molecule has 0 atom stereocenters. The fourth-order valence-electron chi connectivity index (χ4n) is 2.63. The van der Waals surface area contributed by atoms with Crippen LogP contribution in [0.5, 0.6) is 0 Å². The van der Waals surface area contributed by atoms with Crippen LogP contribution >= 0.6 is 0 Å². The summed E-state index contributed by atoms with van der Waals surface area (Å²) in [5.74, 6) is -0.796. The number of rotatable bonds is 4. The van der Waals surface area contributed by atoms with Gasteiger partial charge in [0.15, 0.2) is 9.84 Å². The van der Waals surface area contributed by atoms with E-state index in [4.69, 9.17) is 4.74 Å². The Morgan fingerprint density at radius 2 is 1.48 bits per heavy atom. The molecule has 1 amide bonds. The van der Waals surface area contributed by atoms with Crippen molar-refractivity contribution in [3.05, 3.63) is 71.8 Å². The van der Waals surface area contributed by atoms with Crippen LogP contribution in [0.3, 0.4) is 0 Å². The summed E-state index contributed by atoms with van der Waals surface area (Å²) in [7, 11) is -1.99. The van der Waals surface area contributed by atoms with Crippen LogP contribution in [0.1, 0.15) is 20.7 Å². The quantitative estimate of drug-likeness (QED) is 0.699. The number of ether oxygens (including phenoxy) is 1. The molecule has 1 N–H and O–H groups in total. The number of fused-ring (bicyclic) bond motifs is 1. The standard InChI is InChI=1S/C20H17NO5S/c1-26-20(23)15-4-3-13-5-8-17(12-16(13)11-15)21-19(22)14-6-9-18(10-7-14)27(2,24)25/h3-12H,1-2H3,(H,21,22). The minimum absolute atomic E-state index is 0.153. The number of esters is 1. The lowest BCUT2D eigenvalue weighted by Crippen LogP contribution is -2.12. The van der Waals surface area contributed by atoms with E-state index in [2.05, 4.69) is 5.32 Å². The van der Waals surface area contributed by atoms with Crippen molar-refractivity contribution in [3.63, 3.8) is 0 Å². The van der Waals surface area contributed by atoms with E-state index in [1.54, 1.807) is 30.3 Å². The van der Waals surface area contributed by atoms with E-state index in [1.807, 2.05) is 6.07 Å². The number of benzene rings is 3. The van der Waals surface area contributed by atoms with Crippen LogP contribution in [0.15, 0.2) is 65.6 Å². The number of amides is 1. The predicted molar refractivity (Wildman–Crippen MR) is 103 cm³/mol. The molecular formula is C20H17NO5S. The number of sulfone groups is 1. The third-order valence-electron chi connectivity index (χ3n) is 4.06. The average Bonchev–Trinajstić information content (AvgIpc) is 2.66. The van der Waals surface area contributed by atoms with Crippen LogP contribution in [0.25, 0.3) is 10.8 Å². The van der Waals surface area contributed by atoms with Crippen LogP contribution in [-0.2, 0) is 14.6 Å². The van der Waals surface area contributed by atoms with Crippen molar-refractivity contribution in [2.45, 2.75) is 4.90 Å². The van der Waals surface area contributed by atoms with Crippen molar-refractivity contribution in [1.29, 1.82) is 0 Å². The van der Waals surface area contributed by atoms with Gasteiger partial charge in [0.1, 0.15) is 0 Å². The van der Waals surface area contributed by atoms with Crippen molar-refractivity contribution >= 4 is 38.2 Å². The molecule has 0 aliphatic heterocycles. The number of nitrogens with one attached hydrogen (secondary N) is 1. The zero-order valence-corrected chi connectivity index (χ0v) is 15.5. The van der Waals surface area contributed by atoms with Gasteiger partial charge in [0.05, 0.1) is 17.6 Å². The van der Waals surface area contributed by atoms with E-state index in [-0.39, 0.29) is 10.8 Å². The minimum atomic E-state index is -3.31. The maximum Gasteiger partial charge on any atom is 0.337 e. The lowest BCUT2D eigenvalue weighted by molar-refractivity contribution is 0.0600. The summed E-state index contributed by atoms with van der Waals surface area (Å²) in [4.78, 5) is 24.2. The summed E-state index contributed by atoms with van der Waals surface area (Å²) in [5, 5.41) is 4.46. The lowest BCUT2D eigenvalue weighted by atomic mass is 10.1. The second kappa shape index (κ2) is 7.20. The van der Waals surface area contributed by atoms with Crippen LogP contribution in [0, 0.1) is 0 Å². The molecule has 3 rings (SSSR count). The van der Waals surface area contributed by atoms with Crippen molar-refractivity contribution in [2.75, 3.05) is 18.7 Å². The molecule has 0 saturated heterocycles. The number of methoxy groups -OCH3 is 1. The van der Waals surface area contributed by atoms with Gasteiger partial charge in [0.25, 0.3) is 5.91 Å². The number of carbonyl (C=O) groups is 2. The van der Waals surface area contributed by atoms with Gasteiger partial charge in [-0.25, -0.2) is 13.2 Å². The van der Waals surface area contributed by atoms with E-state index in [0.717, 1.165) is 17.0 Å². The SMILES string of the molecule is COC(=O)c1ccc2ccc(NC(=O)c3ccc(S(C)(=O)=O)cc3)cc2c1. The summed E-state index contributed by atoms with van der Waals surface area (Å²) in [6.45, 7) is 0. The van der Waals surface area contributed by atoms with Gasteiger partial charge in [-0.2, -0.15) is 0 Å². The number of carbonyl (C=O) groups excluding carboxylic acids is 2. The first-order valence-corrected chi connectivity index (χ1v) is 9.91. The van der Waals surface area contributed by atoms with Crippen molar-refractivity contribution < 1.29 is 22.7 Å². The maximum absolute atomic E-state index is 12.4. The van der Waals surface area contributed by atoms with Crippen molar-refractivity contribution in [3.8, 4) is 0 Å². The molecule has 0 heterocycles. The smallest absolute Gasteiger partial charge is 0.337 e. The summed E-state index contributed by atoms with van der Waals surface area (Å²) >= 11 is 0. The number of hydrogen-bond acceptors (Lipinski definition) is 5. The molecule has 0 aliphatic carbocycles. The highest BCUT2D eigenvalue weighted by Gasteiger charge is 2.11. The molecule has 0 fully saturated rings. The molecule has 138 valence electrons. The summed E-state index contributed by atoms with van der Waals surface area (Å²) in [6.07, 6.45) is 1.11. The third kappa shape index (κ3) is 4.15. The van der Waals surface area contributed by atoms with Gasteiger partial charge in [-0.05, 0) is 59.3 Å². The fraction of sp³-hybridized carbons (Fsp3) is 0.100. The molecule has 0 bridgehead atoms. The first-order chi connectivity index (χ1) is 12.8. The number of hydrogen-bond donors (Lipinski definition) is 1. The van der Waals surface area contributed by atoms with Gasteiger partial charge in [-0.15, -0.1) is 0 Å². The van der Waals surface area contributed by atoms with Crippen LogP contribution in [0.4, 0.5) is 5.69 Å². The Hall–Kier alpha value is -3.19. The molecule has 0 aliphatic rings. The topological polar surface area (TPSA) is 89.5 Å². The molecule has 6 nitrogen and oxygen atoms in total. The first kappa shape index (κ1) is 18.6. The fourth-order valence-corrected chi connectivity index (χ4v) is 3.26. The van der Waals surface area contributed by atoms with Gasteiger partial charge < -0.3 is 10.1 Å². The molecule has 7 heteroatoms. The highest BCUT2D eigenvalue weighted by atomic mass is 32.2. The second-order valence-corrected chi connectivity index (χ2v) is 8.03. The lowest BCUT2D eigenvalue weighted by Gasteiger charge is -2.08. The predicted octanol–water partition coefficient (Wildman–Crippen LogP) is 3.28. The molecule has 0 spiro atoms. The zero-order chi connectivity index (χ0) is 19.6. The Morgan fingerprint density at radius 1 is 0.852 bits per heavy atom. The molecular weight excluding hydrogens is 366 g/mol. The molecule has 0 unspecified atom stereocenters. The molecule has 0 radical (unpaired) electrons. The summed E-state index contributed by atoms with van der Waals surface area (Å²) in [6, 6.07) is 16.2. The molecule has 3 aromatic rings. The van der Waals surface area contributed by atoms with E-state index in [0.29, 0.717) is 16.8 Å². The Kier molecular flexibility index (Phi) is 4.96. The normalized spacial score (nSPS) is 11.2. The first-order valence-electron chi connectivity index (χ1n) is 8.01. The van der Waals surface area contributed by atoms with E-state index in [1.165, 1.54) is 31.4 Å². The Balaban J connectivity index is 1.85. The van der Waals surface area contributed by atoms with Crippen LogP contribution in [-0.4, -0.2) is 33.7 Å². The van der Waals surface area contributed by atoms with E-state index >= 15 is 0 Å². The summed E-state index contributed by atoms with van der Waals surface area (Å²) < 4.78 is 27.7. The van der Waals surface area contributed by atoms with E-state index < -0.39 is 15.8 Å². The largest absolute Gasteiger partial charge is 0.465 e. The highest BCUT2D eigenvalue weighted by molar-refractivity contribution is 7.90. The Bertz CT molecular complexity index is 1130. The molecule has 27 heavy (non-hydrogen) atoms. The number of anilines is 1. The van der Waals surface area contributed by atoms with E-state index in [9.17, 15) is 18.0 Å². The van der Waals surface area contributed by atoms with Gasteiger partial charge >= 0.3 is 5.97 Å². The molecule has 3 aromatic carbocycles.